The second kappa shape index (κ2) is 6.44. The largest absolute Gasteiger partial charge is 0.468 e. The van der Waals surface area contributed by atoms with Gasteiger partial charge in [0.15, 0.2) is 6.04 Å². The van der Waals surface area contributed by atoms with E-state index in [9.17, 15) is 9.59 Å². The van der Waals surface area contributed by atoms with Gasteiger partial charge in [-0.15, -0.1) is 12.1 Å². The Kier molecular flexibility index (Phi) is 4.90. The molecule has 0 heterocycles. The molecule has 5 nitrogen and oxygen atoms in total. The highest BCUT2D eigenvalue weighted by molar-refractivity contribution is 5.89. The number of methoxy groups -OCH3 is 1. The third kappa shape index (κ3) is 3.73. The van der Waals surface area contributed by atoms with E-state index in [4.69, 9.17) is 4.84 Å². The standard InChI is InChI=1S/C12H13NO4/c1-3-10(12(15)16-2)13-17-11(14)9-7-5-4-6-8-9/h3-8,10,13H,1H2,2H3/t10-/m0/s1. The molecule has 1 atom stereocenters. The topological polar surface area (TPSA) is 64.6 Å². The third-order valence-corrected chi connectivity index (χ3v) is 1.98. The van der Waals surface area contributed by atoms with Crippen molar-refractivity contribution < 1.29 is 19.2 Å². The zero-order chi connectivity index (χ0) is 12.7. The smallest absolute Gasteiger partial charge is 0.356 e. The van der Waals surface area contributed by atoms with Crippen LogP contribution in [0.1, 0.15) is 10.4 Å². The van der Waals surface area contributed by atoms with Crippen molar-refractivity contribution in [2.24, 2.45) is 0 Å². The maximum atomic E-state index is 11.5. The Morgan fingerprint density at radius 1 is 1.35 bits per heavy atom. The van der Waals surface area contributed by atoms with Crippen LogP contribution in [0.2, 0.25) is 0 Å². The van der Waals surface area contributed by atoms with E-state index in [0.29, 0.717) is 5.56 Å². The lowest BCUT2D eigenvalue weighted by atomic mass is 10.2. The van der Waals surface area contributed by atoms with E-state index in [2.05, 4.69) is 16.8 Å². The van der Waals surface area contributed by atoms with Crippen LogP contribution >= 0.6 is 0 Å². The van der Waals surface area contributed by atoms with Crippen LogP contribution < -0.4 is 5.48 Å². The van der Waals surface area contributed by atoms with Crippen molar-refractivity contribution in [1.82, 2.24) is 5.48 Å². The van der Waals surface area contributed by atoms with E-state index in [-0.39, 0.29) is 0 Å². The molecule has 0 fully saturated rings. The first kappa shape index (κ1) is 12.9. The van der Waals surface area contributed by atoms with Crippen molar-refractivity contribution in [3.8, 4) is 0 Å². The third-order valence-electron chi connectivity index (χ3n) is 1.98. The van der Waals surface area contributed by atoms with Crippen molar-refractivity contribution in [2.45, 2.75) is 6.04 Å². The molecule has 0 aliphatic carbocycles. The first-order valence-electron chi connectivity index (χ1n) is 4.91. The van der Waals surface area contributed by atoms with Gasteiger partial charge >= 0.3 is 11.9 Å². The molecule has 1 N–H and O–H groups in total. The fourth-order valence-corrected chi connectivity index (χ4v) is 1.07. The van der Waals surface area contributed by atoms with E-state index >= 15 is 0 Å². The van der Waals surface area contributed by atoms with Crippen molar-refractivity contribution >= 4 is 11.9 Å². The molecule has 17 heavy (non-hydrogen) atoms. The summed E-state index contributed by atoms with van der Waals surface area (Å²) in [5.41, 5.74) is 2.66. The molecule has 0 radical (unpaired) electrons. The quantitative estimate of drug-likeness (QED) is 0.470. The molecule has 0 bridgehead atoms. The molecular formula is C12H13NO4. The maximum Gasteiger partial charge on any atom is 0.356 e. The molecule has 0 aliphatic heterocycles. The van der Waals surface area contributed by atoms with Gasteiger partial charge in [-0.05, 0) is 12.1 Å². The van der Waals surface area contributed by atoms with Crippen LogP contribution in [0.4, 0.5) is 0 Å². The first-order valence-corrected chi connectivity index (χ1v) is 4.91. The van der Waals surface area contributed by atoms with Crippen molar-refractivity contribution in [1.29, 1.82) is 0 Å². The predicted molar refractivity (Wildman–Crippen MR) is 61.0 cm³/mol. The average Bonchev–Trinajstić information content (AvgIpc) is 2.39. The molecule has 1 aromatic rings. The molecule has 0 amide bonds. The summed E-state index contributed by atoms with van der Waals surface area (Å²) in [6, 6.07) is 7.53. The lowest BCUT2D eigenvalue weighted by Gasteiger charge is -2.11. The second-order valence-electron chi connectivity index (χ2n) is 3.11. The minimum atomic E-state index is -0.882. The average molecular weight is 235 g/mol. The summed E-state index contributed by atoms with van der Waals surface area (Å²) in [4.78, 5) is 27.4. The fourth-order valence-electron chi connectivity index (χ4n) is 1.07. The highest BCUT2D eigenvalue weighted by Crippen LogP contribution is 2.00. The first-order chi connectivity index (χ1) is 8.19. The highest BCUT2D eigenvalue weighted by Gasteiger charge is 2.17. The van der Waals surface area contributed by atoms with Crippen LogP contribution in [0.5, 0.6) is 0 Å². The zero-order valence-corrected chi connectivity index (χ0v) is 9.38. The minimum absolute atomic E-state index is 0.382. The fraction of sp³-hybridized carbons (Fsp3) is 0.167. The second-order valence-corrected chi connectivity index (χ2v) is 3.11. The summed E-state index contributed by atoms with van der Waals surface area (Å²) in [6.45, 7) is 3.43. The van der Waals surface area contributed by atoms with E-state index in [1.807, 2.05) is 0 Å². The highest BCUT2D eigenvalue weighted by atomic mass is 16.7. The Morgan fingerprint density at radius 3 is 2.53 bits per heavy atom. The maximum absolute atomic E-state index is 11.5. The molecule has 1 aromatic carbocycles. The number of hydrogen-bond donors (Lipinski definition) is 1. The number of carbonyl (C=O) groups is 2. The number of ether oxygens (including phenoxy) is 1. The molecular weight excluding hydrogens is 222 g/mol. The van der Waals surface area contributed by atoms with E-state index < -0.39 is 18.0 Å². The number of hydrogen-bond acceptors (Lipinski definition) is 5. The van der Waals surface area contributed by atoms with E-state index in [1.54, 1.807) is 30.3 Å². The Morgan fingerprint density at radius 2 is 2.00 bits per heavy atom. The van der Waals surface area contributed by atoms with Crippen LogP contribution in [0.15, 0.2) is 43.0 Å². The molecule has 1 rings (SSSR count). The summed E-state index contributed by atoms with van der Waals surface area (Å²) in [7, 11) is 1.24. The Balaban J connectivity index is 2.53. The number of benzene rings is 1. The Hall–Kier alpha value is -2.14. The summed E-state index contributed by atoms with van der Waals surface area (Å²) in [5, 5.41) is 0. The normalized spacial score (nSPS) is 11.4. The summed E-state index contributed by atoms with van der Waals surface area (Å²) >= 11 is 0. The van der Waals surface area contributed by atoms with Gasteiger partial charge in [-0.1, -0.05) is 24.3 Å². The van der Waals surface area contributed by atoms with Gasteiger partial charge in [0.2, 0.25) is 0 Å². The molecule has 0 aromatic heterocycles. The predicted octanol–water partition coefficient (Wildman–Crippen LogP) is 1.08. The van der Waals surface area contributed by atoms with Gasteiger partial charge in [-0.2, -0.15) is 0 Å². The number of esters is 1. The number of carbonyl (C=O) groups excluding carboxylic acids is 2. The van der Waals surface area contributed by atoms with Crippen LogP contribution in [0.3, 0.4) is 0 Å². The molecule has 0 aliphatic rings. The molecule has 0 unspecified atom stereocenters. The van der Waals surface area contributed by atoms with E-state index in [1.165, 1.54) is 13.2 Å². The minimum Gasteiger partial charge on any atom is -0.468 e. The lowest BCUT2D eigenvalue weighted by molar-refractivity contribution is -0.144. The lowest BCUT2D eigenvalue weighted by Crippen LogP contribution is -2.37. The van der Waals surface area contributed by atoms with Crippen LogP contribution in [-0.2, 0) is 14.4 Å². The van der Waals surface area contributed by atoms with Crippen LogP contribution in [0, 0.1) is 0 Å². The van der Waals surface area contributed by atoms with Gasteiger partial charge in [0, 0.05) is 0 Å². The zero-order valence-electron chi connectivity index (χ0n) is 9.38. The van der Waals surface area contributed by atoms with Crippen molar-refractivity contribution in [3.05, 3.63) is 48.6 Å². The SMILES string of the molecule is C=C[C@H](NOC(=O)c1ccccc1)C(=O)OC. The van der Waals surface area contributed by atoms with Gasteiger partial charge < -0.3 is 9.57 Å². The summed E-state index contributed by atoms with van der Waals surface area (Å²) in [6.07, 6.45) is 1.28. The molecule has 90 valence electrons. The van der Waals surface area contributed by atoms with Crippen molar-refractivity contribution in [3.63, 3.8) is 0 Å². The molecule has 5 heteroatoms. The van der Waals surface area contributed by atoms with Gasteiger partial charge in [0.1, 0.15) is 0 Å². The van der Waals surface area contributed by atoms with Gasteiger partial charge in [-0.3, -0.25) is 0 Å². The number of hydroxylamine groups is 1. The summed E-state index contributed by atoms with van der Waals surface area (Å²) in [5.74, 6) is -1.16. The van der Waals surface area contributed by atoms with Crippen molar-refractivity contribution in [2.75, 3.05) is 7.11 Å². The monoisotopic (exact) mass is 235 g/mol. The van der Waals surface area contributed by atoms with Gasteiger partial charge in [-0.25, -0.2) is 9.59 Å². The molecule has 0 saturated carbocycles. The molecule has 0 saturated heterocycles. The Labute approximate surface area is 99.0 Å². The summed E-state index contributed by atoms with van der Waals surface area (Å²) < 4.78 is 4.48. The number of rotatable bonds is 5. The number of nitrogens with one attached hydrogen (secondary N) is 1. The Bertz CT molecular complexity index is 402. The molecule has 0 spiro atoms. The van der Waals surface area contributed by atoms with Crippen LogP contribution in [0.25, 0.3) is 0 Å². The van der Waals surface area contributed by atoms with E-state index in [0.717, 1.165) is 0 Å². The van der Waals surface area contributed by atoms with Gasteiger partial charge in [0.05, 0.1) is 12.7 Å². The van der Waals surface area contributed by atoms with Gasteiger partial charge in [0.25, 0.3) is 0 Å². The van der Waals surface area contributed by atoms with Crippen LogP contribution in [-0.4, -0.2) is 25.1 Å².